The normalized spacial score (nSPS) is 11.2. The summed E-state index contributed by atoms with van der Waals surface area (Å²) < 4.78 is 1.81. The summed E-state index contributed by atoms with van der Waals surface area (Å²) in [6, 6.07) is 33.8. The van der Waals surface area contributed by atoms with Crippen LogP contribution in [0.2, 0.25) is 0 Å². The van der Waals surface area contributed by atoms with Gasteiger partial charge in [-0.1, -0.05) is 60.7 Å². The number of rotatable bonds is 5. The average molecular weight is 464 g/mol. The van der Waals surface area contributed by atoms with Crippen molar-refractivity contribution in [3.05, 3.63) is 130 Å². The van der Waals surface area contributed by atoms with E-state index in [9.17, 15) is 4.79 Å². The molecule has 0 aliphatic heterocycles. The zero-order valence-corrected chi connectivity index (χ0v) is 20.0. The molecule has 168 valence electrons. The summed E-state index contributed by atoms with van der Waals surface area (Å²) in [6.07, 6.45) is 0. The van der Waals surface area contributed by atoms with Crippen LogP contribution in [0, 0.1) is 6.92 Å². The molecule has 0 saturated carbocycles. The number of thiol groups is 1. The van der Waals surface area contributed by atoms with Gasteiger partial charge in [0.15, 0.2) is 0 Å². The Hall–Kier alpha value is -3.83. The highest BCUT2D eigenvalue weighted by molar-refractivity contribution is 7.80. The molecule has 0 radical (unpaired) electrons. The van der Waals surface area contributed by atoms with Crippen molar-refractivity contribution in [1.29, 1.82) is 0 Å². The highest BCUT2D eigenvalue weighted by Gasteiger charge is 2.21. The second-order valence-corrected chi connectivity index (χ2v) is 8.85. The van der Waals surface area contributed by atoms with Crippen LogP contribution in [0.1, 0.15) is 23.0 Å². The molecule has 5 rings (SSSR count). The van der Waals surface area contributed by atoms with Crippen molar-refractivity contribution < 1.29 is 0 Å². The zero-order valence-electron chi connectivity index (χ0n) is 19.1. The standard InChI is InChI=1S/C29H25N3OS/c1-20-30-27-18-15-24(31(2)23-13-16-25(34)17-14-23)19-26(27)29(33)32(20)28(21-9-5-3-6-10-21)22-11-7-4-8-12-22/h3-19,28,34H,1-2H3. The predicted octanol–water partition coefficient (Wildman–Crippen LogP) is 6.40. The third kappa shape index (κ3) is 4.11. The average Bonchev–Trinajstić information content (AvgIpc) is 2.87. The predicted molar refractivity (Wildman–Crippen MR) is 143 cm³/mol. The van der Waals surface area contributed by atoms with Crippen LogP contribution in [-0.4, -0.2) is 16.6 Å². The molecule has 1 heterocycles. The van der Waals surface area contributed by atoms with Gasteiger partial charge >= 0.3 is 0 Å². The monoisotopic (exact) mass is 463 g/mol. The highest BCUT2D eigenvalue weighted by atomic mass is 32.1. The molecule has 4 nitrogen and oxygen atoms in total. The van der Waals surface area contributed by atoms with Gasteiger partial charge in [-0.3, -0.25) is 9.36 Å². The zero-order chi connectivity index (χ0) is 23.7. The van der Waals surface area contributed by atoms with Gasteiger partial charge in [0.25, 0.3) is 5.56 Å². The molecular formula is C29H25N3OS. The van der Waals surface area contributed by atoms with Crippen LogP contribution in [0.4, 0.5) is 11.4 Å². The molecular weight excluding hydrogens is 438 g/mol. The fourth-order valence-electron chi connectivity index (χ4n) is 4.40. The quantitative estimate of drug-likeness (QED) is 0.307. The van der Waals surface area contributed by atoms with Crippen LogP contribution in [0.25, 0.3) is 10.9 Å². The molecule has 0 aliphatic carbocycles. The Labute approximate surface area is 204 Å². The van der Waals surface area contributed by atoms with Crippen LogP contribution in [-0.2, 0) is 0 Å². The van der Waals surface area contributed by atoms with Crippen LogP contribution < -0.4 is 10.5 Å². The van der Waals surface area contributed by atoms with Gasteiger partial charge in [0.05, 0.1) is 16.9 Å². The number of hydrogen-bond acceptors (Lipinski definition) is 4. The van der Waals surface area contributed by atoms with Gasteiger partial charge in [0, 0.05) is 23.3 Å². The molecule has 34 heavy (non-hydrogen) atoms. The summed E-state index contributed by atoms with van der Waals surface area (Å²) >= 11 is 4.38. The third-order valence-corrected chi connectivity index (χ3v) is 6.47. The summed E-state index contributed by atoms with van der Waals surface area (Å²) in [7, 11) is 1.99. The molecule has 0 amide bonds. The number of aryl methyl sites for hydroxylation is 1. The second kappa shape index (κ2) is 9.20. The first-order chi connectivity index (χ1) is 16.5. The Kier molecular flexibility index (Phi) is 5.95. The molecule has 0 fully saturated rings. The smallest absolute Gasteiger partial charge is 0.262 e. The molecule has 4 aromatic carbocycles. The van der Waals surface area contributed by atoms with Gasteiger partial charge in [-0.25, -0.2) is 4.98 Å². The second-order valence-electron chi connectivity index (χ2n) is 8.33. The molecule has 5 heteroatoms. The molecule has 1 aromatic heterocycles. The molecule has 0 N–H and O–H groups in total. The van der Waals surface area contributed by atoms with Crippen molar-refractivity contribution in [2.45, 2.75) is 17.9 Å². The number of anilines is 2. The highest BCUT2D eigenvalue weighted by Crippen LogP contribution is 2.29. The van der Waals surface area contributed by atoms with E-state index in [0.29, 0.717) is 16.7 Å². The van der Waals surface area contributed by atoms with E-state index in [1.54, 1.807) is 0 Å². The van der Waals surface area contributed by atoms with Crippen LogP contribution in [0.15, 0.2) is 113 Å². The lowest BCUT2D eigenvalue weighted by molar-refractivity contribution is 0.620. The van der Waals surface area contributed by atoms with Gasteiger partial charge in [-0.05, 0) is 60.5 Å². The van der Waals surface area contributed by atoms with E-state index >= 15 is 0 Å². The molecule has 0 aliphatic rings. The van der Waals surface area contributed by atoms with Crippen LogP contribution >= 0.6 is 12.6 Å². The maximum atomic E-state index is 14.0. The van der Waals surface area contributed by atoms with Crippen molar-refractivity contribution in [1.82, 2.24) is 9.55 Å². The molecule has 0 bridgehead atoms. The largest absolute Gasteiger partial charge is 0.345 e. The molecule has 0 atom stereocenters. The number of fused-ring (bicyclic) bond motifs is 1. The molecule has 0 spiro atoms. The molecule has 0 saturated heterocycles. The van der Waals surface area contributed by atoms with Crippen molar-refractivity contribution >= 4 is 34.9 Å². The lowest BCUT2D eigenvalue weighted by Crippen LogP contribution is -2.29. The topological polar surface area (TPSA) is 38.1 Å². The Morgan fingerprint density at radius 3 is 1.94 bits per heavy atom. The van der Waals surface area contributed by atoms with Crippen molar-refractivity contribution in [3.8, 4) is 0 Å². The van der Waals surface area contributed by atoms with Crippen molar-refractivity contribution in [2.24, 2.45) is 0 Å². The lowest BCUT2D eigenvalue weighted by Gasteiger charge is -2.24. The third-order valence-electron chi connectivity index (χ3n) is 6.17. The first kappa shape index (κ1) is 22.0. The Balaban J connectivity index is 1.69. The first-order valence-electron chi connectivity index (χ1n) is 11.2. The van der Waals surface area contributed by atoms with E-state index in [1.165, 1.54) is 0 Å². The minimum atomic E-state index is -0.267. The lowest BCUT2D eigenvalue weighted by atomic mass is 9.98. The Morgan fingerprint density at radius 2 is 1.35 bits per heavy atom. The number of benzene rings is 4. The van der Waals surface area contributed by atoms with Gasteiger partial charge in [-0.15, -0.1) is 12.6 Å². The summed E-state index contributed by atoms with van der Waals surface area (Å²) in [5.74, 6) is 0.681. The fraction of sp³-hybridized carbons (Fsp3) is 0.103. The number of hydrogen-bond donors (Lipinski definition) is 1. The van der Waals surface area contributed by atoms with Gasteiger partial charge < -0.3 is 4.90 Å². The van der Waals surface area contributed by atoms with E-state index in [4.69, 9.17) is 4.98 Å². The summed E-state index contributed by atoms with van der Waals surface area (Å²) in [4.78, 5) is 21.8. The van der Waals surface area contributed by atoms with Crippen LogP contribution in [0.5, 0.6) is 0 Å². The maximum Gasteiger partial charge on any atom is 0.262 e. The van der Waals surface area contributed by atoms with Gasteiger partial charge in [0.1, 0.15) is 5.82 Å². The van der Waals surface area contributed by atoms with Crippen LogP contribution in [0.3, 0.4) is 0 Å². The van der Waals surface area contributed by atoms with Gasteiger partial charge in [-0.2, -0.15) is 0 Å². The van der Waals surface area contributed by atoms with E-state index in [2.05, 4.69) is 41.8 Å². The number of nitrogens with zero attached hydrogens (tertiary/aromatic N) is 3. The summed E-state index contributed by atoms with van der Waals surface area (Å²) in [5, 5.41) is 0.595. The van der Waals surface area contributed by atoms with Gasteiger partial charge in [0.2, 0.25) is 0 Å². The molecule has 0 unspecified atom stereocenters. The SMILES string of the molecule is Cc1nc2ccc(N(C)c3ccc(S)cc3)cc2c(=O)n1C(c1ccccc1)c1ccccc1. The maximum absolute atomic E-state index is 14.0. The minimum absolute atomic E-state index is 0.0545. The van der Waals surface area contributed by atoms with E-state index < -0.39 is 0 Å². The number of aromatic nitrogens is 2. The summed E-state index contributed by atoms with van der Waals surface area (Å²) in [5.41, 5.74) is 4.66. The summed E-state index contributed by atoms with van der Waals surface area (Å²) in [6.45, 7) is 1.90. The van der Waals surface area contributed by atoms with Crippen molar-refractivity contribution in [3.63, 3.8) is 0 Å². The van der Waals surface area contributed by atoms with E-state index in [-0.39, 0.29) is 11.6 Å². The van der Waals surface area contributed by atoms with E-state index in [0.717, 1.165) is 27.4 Å². The fourth-order valence-corrected chi connectivity index (χ4v) is 4.55. The molecule has 5 aromatic rings. The van der Waals surface area contributed by atoms with Crippen molar-refractivity contribution in [2.75, 3.05) is 11.9 Å². The Bertz CT molecular complexity index is 1460. The minimum Gasteiger partial charge on any atom is -0.345 e. The first-order valence-corrected chi connectivity index (χ1v) is 11.6. The Morgan fingerprint density at radius 1 is 0.794 bits per heavy atom. The van der Waals surface area contributed by atoms with E-state index in [1.807, 2.05) is 97.4 Å².